The maximum Gasteiger partial charge on any atom is 0.229 e. The summed E-state index contributed by atoms with van der Waals surface area (Å²) >= 11 is 0. The standard InChI is InChI=1S/C25H24N4O2S/c1-19(29(21-11-7-15-26-17-21)22-12-8-16-27-18-22)25-23(20-9-4-3-5-10-20)13-6-14-24(25)28-32(2,30)31/h3-19,28H,1-2H3. The molecule has 0 fully saturated rings. The monoisotopic (exact) mass is 444 g/mol. The highest BCUT2D eigenvalue weighted by Gasteiger charge is 2.25. The molecule has 6 nitrogen and oxygen atoms in total. The summed E-state index contributed by atoms with van der Waals surface area (Å²) in [6.45, 7) is 2.05. The molecule has 0 aliphatic heterocycles. The Kier molecular flexibility index (Phi) is 6.18. The Morgan fingerprint density at radius 1 is 0.812 bits per heavy atom. The second kappa shape index (κ2) is 9.20. The molecule has 0 radical (unpaired) electrons. The number of rotatable bonds is 7. The van der Waals surface area contributed by atoms with Crippen LogP contribution in [0.4, 0.5) is 17.1 Å². The van der Waals surface area contributed by atoms with E-state index in [2.05, 4.69) is 26.5 Å². The van der Waals surface area contributed by atoms with E-state index in [4.69, 9.17) is 0 Å². The maximum atomic E-state index is 12.2. The zero-order chi connectivity index (χ0) is 22.6. The van der Waals surface area contributed by atoms with Crippen molar-refractivity contribution in [3.8, 4) is 11.1 Å². The molecule has 0 saturated carbocycles. The molecule has 162 valence electrons. The first-order valence-electron chi connectivity index (χ1n) is 10.2. The SMILES string of the molecule is CC(c1c(NS(C)(=O)=O)cccc1-c1ccccc1)N(c1cccnc1)c1cccnc1. The van der Waals surface area contributed by atoms with Crippen molar-refractivity contribution >= 4 is 27.1 Å². The zero-order valence-electron chi connectivity index (χ0n) is 17.9. The molecule has 1 N–H and O–H groups in total. The number of benzene rings is 2. The summed E-state index contributed by atoms with van der Waals surface area (Å²) in [7, 11) is -3.48. The number of hydrogen-bond donors (Lipinski definition) is 1. The van der Waals surface area contributed by atoms with Gasteiger partial charge in [-0.15, -0.1) is 0 Å². The molecule has 32 heavy (non-hydrogen) atoms. The summed E-state index contributed by atoms with van der Waals surface area (Å²) < 4.78 is 27.1. The fraction of sp³-hybridized carbons (Fsp3) is 0.120. The van der Waals surface area contributed by atoms with Crippen LogP contribution in [0.2, 0.25) is 0 Å². The lowest BCUT2D eigenvalue weighted by molar-refractivity contribution is 0.606. The molecule has 2 aromatic carbocycles. The Morgan fingerprint density at radius 3 is 1.97 bits per heavy atom. The summed E-state index contributed by atoms with van der Waals surface area (Å²) in [5.74, 6) is 0. The van der Waals surface area contributed by atoms with Crippen molar-refractivity contribution < 1.29 is 8.42 Å². The first-order chi connectivity index (χ1) is 15.4. The Hall–Kier alpha value is -3.71. The van der Waals surface area contributed by atoms with E-state index < -0.39 is 10.0 Å². The molecule has 0 bridgehead atoms. The van der Waals surface area contributed by atoms with Gasteiger partial charge in [-0.05, 0) is 48.4 Å². The minimum atomic E-state index is -3.48. The van der Waals surface area contributed by atoms with Gasteiger partial charge < -0.3 is 4.90 Å². The van der Waals surface area contributed by atoms with Crippen LogP contribution in [0, 0.1) is 0 Å². The molecule has 2 heterocycles. The predicted octanol–water partition coefficient (Wildman–Crippen LogP) is 5.41. The first kappa shape index (κ1) is 21.5. The highest BCUT2D eigenvalue weighted by Crippen LogP contribution is 2.41. The van der Waals surface area contributed by atoms with E-state index in [0.29, 0.717) is 5.69 Å². The van der Waals surface area contributed by atoms with Crippen LogP contribution in [-0.2, 0) is 10.0 Å². The highest BCUT2D eigenvalue weighted by atomic mass is 32.2. The number of hydrogen-bond acceptors (Lipinski definition) is 5. The molecule has 0 spiro atoms. The summed E-state index contributed by atoms with van der Waals surface area (Å²) in [6, 6.07) is 23.1. The Morgan fingerprint density at radius 2 is 1.44 bits per heavy atom. The summed E-state index contributed by atoms with van der Waals surface area (Å²) in [5.41, 5.74) is 5.10. The number of sulfonamides is 1. The molecule has 0 aliphatic carbocycles. The fourth-order valence-corrected chi connectivity index (χ4v) is 4.47. The lowest BCUT2D eigenvalue weighted by atomic mass is 9.92. The van der Waals surface area contributed by atoms with Crippen LogP contribution < -0.4 is 9.62 Å². The van der Waals surface area contributed by atoms with Crippen molar-refractivity contribution in [2.45, 2.75) is 13.0 Å². The molecular weight excluding hydrogens is 420 g/mol. The minimum Gasteiger partial charge on any atom is -0.332 e. The van der Waals surface area contributed by atoms with Crippen LogP contribution in [0.5, 0.6) is 0 Å². The van der Waals surface area contributed by atoms with Gasteiger partial charge in [0, 0.05) is 18.0 Å². The largest absolute Gasteiger partial charge is 0.332 e. The van der Waals surface area contributed by atoms with Crippen LogP contribution in [-0.4, -0.2) is 24.6 Å². The minimum absolute atomic E-state index is 0.246. The molecule has 1 atom stereocenters. The van der Waals surface area contributed by atoms with Crippen molar-refractivity contribution in [3.05, 3.63) is 103 Å². The van der Waals surface area contributed by atoms with Crippen molar-refractivity contribution in [2.24, 2.45) is 0 Å². The lowest BCUT2D eigenvalue weighted by Gasteiger charge is -2.33. The number of nitrogens with one attached hydrogen (secondary N) is 1. The Balaban J connectivity index is 1.95. The van der Waals surface area contributed by atoms with E-state index >= 15 is 0 Å². The molecular formula is C25H24N4O2S. The summed E-state index contributed by atoms with van der Waals surface area (Å²) in [5, 5.41) is 0. The van der Waals surface area contributed by atoms with Crippen molar-refractivity contribution in [1.82, 2.24) is 9.97 Å². The van der Waals surface area contributed by atoms with Crippen LogP contribution in [0.1, 0.15) is 18.5 Å². The van der Waals surface area contributed by atoms with Crippen molar-refractivity contribution in [1.29, 1.82) is 0 Å². The Bertz CT molecular complexity index is 1240. The second-order valence-corrected chi connectivity index (χ2v) is 9.22. The third kappa shape index (κ3) is 4.78. The molecule has 1 unspecified atom stereocenters. The van der Waals surface area contributed by atoms with Crippen LogP contribution >= 0.6 is 0 Å². The predicted molar refractivity (Wildman–Crippen MR) is 129 cm³/mol. The zero-order valence-corrected chi connectivity index (χ0v) is 18.7. The van der Waals surface area contributed by atoms with E-state index in [1.807, 2.05) is 66.7 Å². The maximum absolute atomic E-state index is 12.2. The second-order valence-electron chi connectivity index (χ2n) is 7.48. The van der Waals surface area contributed by atoms with Gasteiger partial charge >= 0.3 is 0 Å². The van der Waals surface area contributed by atoms with E-state index in [-0.39, 0.29) is 6.04 Å². The normalized spacial score (nSPS) is 12.2. The fourth-order valence-electron chi connectivity index (χ4n) is 3.89. The molecule has 0 aliphatic rings. The van der Waals surface area contributed by atoms with Gasteiger partial charge in [-0.1, -0.05) is 42.5 Å². The molecule has 0 amide bonds. The molecule has 0 saturated heterocycles. The van der Waals surface area contributed by atoms with Gasteiger partial charge in [0.05, 0.1) is 41.8 Å². The first-order valence-corrected chi connectivity index (χ1v) is 12.1. The number of aromatic nitrogens is 2. The van der Waals surface area contributed by atoms with Crippen LogP contribution in [0.25, 0.3) is 11.1 Å². The highest BCUT2D eigenvalue weighted by molar-refractivity contribution is 7.92. The number of nitrogens with zero attached hydrogens (tertiary/aromatic N) is 3. The van der Waals surface area contributed by atoms with Crippen LogP contribution in [0.3, 0.4) is 0 Å². The Labute approximate surface area is 188 Å². The third-order valence-electron chi connectivity index (χ3n) is 5.14. The molecule has 2 aromatic heterocycles. The van der Waals surface area contributed by atoms with E-state index in [1.165, 1.54) is 0 Å². The van der Waals surface area contributed by atoms with Gasteiger partial charge in [-0.25, -0.2) is 8.42 Å². The molecule has 4 rings (SSSR count). The van der Waals surface area contributed by atoms with Gasteiger partial charge in [-0.2, -0.15) is 0 Å². The molecule has 4 aromatic rings. The summed E-state index contributed by atoms with van der Waals surface area (Å²) in [4.78, 5) is 10.7. The van der Waals surface area contributed by atoms with Gasteiger partial charge in [-0.3, -0.25) is 14.7 Å². The van der Waals surface area contributed by atoms with Gasteiger partial charge in [0.25, 0.3) is 0 Å². The average molecular weight is 445 g/mol. The lowest BCUT2D eigenvalue weighted by Crippen LogP contribution is -2.24. The van der Waals surface area contributed by atoms with Crippen LogP contribution in [0.15, 0.2) is 97.6 Å². The number of pyridine rings is 2. The van der Waals surface area contributed by atoms with Gasteiger partial charge in [0.2, 0.25) is 10.0 Å². The average Bonchev–Trinajstić information content (AvgIpc) is 2.80. The van der Waals surface area contributed by atoms with E-state index in [9.17, 15) is 8.42 Å². The van der Waals surface area contributed by atoms with E-state index in [0.717, 1.165) is 34.3 Å². The smallest absolute Gasteiger partial charge is 0.229 e. The van der Waals surface area contributed by atoms with Gasteiger partial charge in [0.1, 0.15) is 0 Å². The quantitative estimate of drug-likeness (QED) is 0.412. The van der Waals surface area contributed by atoms with E-state index in [1.54, 1.807) is 30.9 Å². The summed E-state index contributed by atoms with van der Waals surface area (Å²) in [6.07, 6.45) is 8.20. The third-order valence-corrected chi connectivity index (χ3v) is 5.73. The van der Waals surface area contributed by atoms with Crippen molar-refractivity contribution in [2.75, 3.05) is 15.9 Å². The van der Waals surface area contributed by atoms with Crippen molar-refractivity contribution in [3.63, 3.8) is 0 Å². The molecule has 7 heteroatoms. The van der Waals surface area contributed by atoms with Gasteiger partial charge in [0.15, 0.2) is 0 Å². The number of anilines is 3. The topological polar surface area (TPSA) is 75.2 Å².